The lowest BCUT2D eigenvalue weighted by molar-refractivity contribution is -0.119. The summed E-state index contributed by atoms with van der Waals surface area (Å²) in [4.78, 5) is 27.4. The van der Waals surface area contributed by atoms with Crippen molar-refractivity contribution >= 4 is 34.9 Å². The van der Waals surface area contributed by atoms with Crippen molar-refractivity contribution in [3.8, 4) is 0 Å². The van der Waals surface area contributed by atoms with Crippen LogP contribution in [0.5, 0.6) is 0 Å². The number of carbonyl (C=O) groups excluding carboxylic acids is 2. The highest BCUT2D eigenvalue weighted by Crippen LogP contribution is 2.67. The molecule has 0 bridgehead atoms. The number of nitrogens with zero attached hydrogens (tertiary/aromatic N) is 1. The van der Waals surface area contributed by atoms with E-state index in [1.54, 1.807) is 23.1 Å². The molecule has 1 spiro atoms. The van der Waals surface area contributed by atoms with Crippen LogP contribution in [0.4, 0.5) is 11.4 Å². The number of esters is 1. The van der Waals surface area contributed by atoms with Gasteiger partial charge in [-0.15, -0.1) is 0 Å². The van der Waals surface area contributed by atoms with Crippen LogP contribution in [0.1, 0.15) is 33.8 Å². The van der Waals surface area contributed by atoms with Crippen LogP contribution in [0.15, 0.2) is 72.8 Å². The van der Waals surface area contributed by atoms with Crippen LogP contribution >= 0.6 is 11.6 Å². The Morgan fingerprint density at radius 1 is 1.07 bits per heavy atom. The maximum Gasteiger partial charge on any atom is 0.337 e. The molecule has 1 saturated carbocycles. The van der Waals surface area contributed by atoms with E-state index in [1.165, 1.54) is 7.11 Å². The van der Waals surface area contributed by atoms with Crippen LogP contribution in [0, 0.1) is 0 Å². The molecule has 0 saturated heterocycles. The van der Waals surface area contributed by atoms with E-state index < -0.39 is 11.4 Å². The lowest BCUT2D eigenvalue weighted by Gasteiger charge is -2.19. The Labute approximate surface area is 173 Å². The molecule has 3 aromatic carbocycles. The van der Waals surface area contributed by atoms with Crippen molar-refractivity contribution in [2.75, 3.05) is 12.0 Å². The van der Waals surface area contributed by atoms with Crippen LogP contribution in [-0.2, 0) is 14.9 Å². The predicted molar refractivity (Wildman–Crippen MR) is 112 cm³/mol. The Morgan fingerprint density at radius 3 is 2.59 bits per heavy atom. The summed E-state index contributed by atoms with van der Waals surface area (Å²) in [5.74, 6) is -0.269. The van der Waals surface area contributed by atoms with Crippen molar-refractivity contribution < 1.29 is 14.3 Å². The molecule has 0 N–H and O–H groups in total. The van der Waals surface area contributed by atoms with Gasteiger partial charge in [0.2, 0.25) is 5.91 Å². The van der Waals surface area contributed by atoms with Crippen LogP contribution in [0.25, 0.3) is 0 Å². The summed E-state index contributed by atoms with van der Waals surface area (Å²) in [6.07, 6.45) is 0.762. The van der Waals surface area contributed by atoms with Crippen LogP contribution in [0.3, 0.4) is 0 Å². The van der Waals surface area contributed by atoms with E-state index in [0.717, 1.165) is 23.2 Å². The summed E-state index contributed by atoms with van der Waals surface area (Å²) < 4.78 is 4.83. The molecule has 1 aliphatic carbocycles. The van der Waals surface area contributed by atoms with Gasteiger partial charge in [0, 0.05) is 16.6 Å². The average Bonchev–Trinajstić information content (AvgIpc) is 3.45. The molecule has 0 aromatic heterocycles. The summed E-state index contributed by atoms with van der Waals surface area (Å²) in [7, 11) is 1.35. The molecule has 5 heteroatoms. The highest BCUT2D eigenvalue weighted by molar-refractivity contribution is 6.30. The molecular weight excluding hydrogens is 386 g/mol. The Balaban J connectivity index is 1.59. The van der Waals surface area contributed by atoms with Crippen LogP contribution < -0.4 is 4.90 Å². The van der Waals surface area contributed by atoms with Gasteiger partial charge < -0.3 is 4.74 Å². The molecule has 29 heavy (non-hydrogen) atoms. The lowest BCUT2D eigenvalue weighted by atomic mass is 9.92. The molecule has 5 rings (SSSR count). The first-order valence-corrected chi connectivity index (χ1v) is 9.82. The van der Waals surface area contributed by atoms with E-state index in [2.05, 4.69) is 0 Å². The van der Waals surface area contributed by atoms with Crippen molar-refractivity contribution in [2.45, 2.75) is 17.8 Å². The Morgan fingerprint density at radius 2 is 1.83 bits per heavy atom. The number of amides is 1. The van der Waals surface area contributed by atoms with E-state index in [9.17, 15) is 9.59 Å². The van der Waals surface area contributed by atoms with Gasteiger partial charge in [0.15, 0.2) is 0 Å². The topological polar surface area (TPSA) is 46.6 Å². The van der Waals surface area contributed by atoms with Gasteiger partial charge in [0.1, 0.15) is 0 Å². The smallest absolute Gasteiger partial charge is 0.337 e. The van der Waals surface area contributed by atoms with Gasteiger partial charge in [-0.1, -0.05) is 48.0 Å². The molecule has 1 fully saturated rings. The Bertz CT molecular complexity index is 1140. The largest absolute Gasteiger partial charge is 0.465 e. The number of benzene rings is 3. The van der Waals surface area contributed by atoms with E-state index in [-0.39, 0.29) is 11.8 Å². The zero-order valence-electron chi connectivity index (χ0n) is 15.8. The first-order valence-electron chi connectivity index (χ1n) is 9.44. The number of hydrogen-bond donors (Lipinski definition) is 0. The highest BCUT2D eigenvalue weighted by atomic mass is 35.5. The average molecular weight is 404 g/mol. The van der Waals surface area contributed by atoms with Gasteiger partial charge in [-0.3, -0.25) is 9.69 Å². The monoisotopic (exact) mass is 403 g/mol. The second kappa shape index (κ2) is 6.46. The number of para-hydroxylation sites is 1. The van der Waals surface area contributed by atoms with Gasteiger partial charge in [-0.2, -0.15) is 0 Å². The molecule has 2 atom stereocenters. The third-order valence-electron chi connectivity index (χ3n) is 5.97. The van der Waals surface area contributed by atoms with Crippen molar-refractivity contribution in [1.82, 2.24) is 0 Å². The minimum atomic E-state index is -0.564. The fourth-order valence-electron chi connectivity index (χ4n) is 4.51. The summed E-state index contributed by atoms with van der Waals surface area (Å²) in [5.41, 5.74) is 3.54. The molecule has 1 heterocycles. The molecule has 2 aliphatic rings. The number of hydrogen-bond acceptors (Lipinski definition) is 3. The minimum absolute atomic E-state index is 0.0423. The molecule has 2 unspecified atom stereocenters. The maximum atomic E-state index is 13.7. The number of ether oxygens (including phenoxy) is 1. The van der Waals surface area contributed by atoms with E-state index in [4.69, 9.17) is 16.3 Å². The van der Waals surface area contributed by atoms with Crippen molar-refractivity contribution in [2.24, 2.45) is 0 Å². The fraction of sp³-hybridized carbons (Fsp3) is 0.167. The second-order valence-electron chi connectivity index (χ2n) is 7.48. The lowest BCUT2D eigenvalue weighted by Crippen LogP contribution is -2.29. The first-order chi connectivity index (χ1) is 14.1. The summed E-state index contributed by atoms with van der Waals surface area (Å²) in [6, 6.07) is 22.6. The van der Waals surface area contributed by atoms with E-state index in [1.807, 2.05) is 54.6 Å². The molecule has 3 aromatic rings. The summed E-state index contributed by atoms with van der Waals surface area (Å²) >= 11 is 6.04. The van der Waals surface area contributed by atoms with Crippen molar-refractivity contribution in [3.63, 3.8) is 0 Å². The maximum absolute atomic E-state index is 13.7. The third kappa shape index (κ3) is 2.60. The minimum Gasteiger partial charge on any atom is -0.465 e. The first kappa shape index (κ1) is 18.0. The molecule has 0 radical (unpaired) electrons. The fourth-order valence-corrected chi connectivity index (χ4v) is 4.64. The Kier molecular flexibility index (Phi) is 4.00. The van der Waals surface area contributed by atoms with Gasteiger partial charge in [-0.25, -0.2) is 4.79 Å². The zero-order valence-corrected chi connectivity index (χ0v) is 16.5. The predicted octanol–water partition coefficient (Wildman–Crippen LogP) is 5.23. The molecule has 4 nitrogen and oxygen atoms in total. The molecule has 144 valence electrons. The zero-order chi connectivity index (χ0) is 20.2. The number of carbonyl (C=O) groups is 2. The SMILES string of the molecule is COC(=O)c1cccc(N2C(=O)C3(CC3c3ccc(Cl)cc3)c3ccccc32)c1. The van der Waals surface area contributed by atoms with Crippen molar-refractivity contribution in [3.05, 3.63) is 94.5 Å². The van der Waals surface area contributed by atoms with Gasteiger partial charge >= 0.3 is 5.97 Å². The van der Waals surface area contributed by atoms with Crippen LogP contribution in [0.2, 0.25) is 5.02 Å². The van der Waals surface area contributed by atoms with E-state index in [0.29, 0.717) is 16.3 Å². The van der Waals surface area contributed by atoms with Crippen molar-refractivity contribution in [1.29, 1.82) is 0 Å². The number of methoxy groups -OCH3 is 1. The van der Waals surface area contributed by atoms with E-state index >= 15 is 0 Å². The summed E-state index contributed by atoms with van der Waals surface area (Å²) in [5, 5.41) is 0.683. The quantitative estimate of drug-likeness (QED) is 0.562. The number of halogens is 1. The number of anilines is 2. The van der Waals surface area contributed by atoms with Gasteiger partial charge in [0.25, 0.3) is 0 Å². The van der Waals surface area contributed by atoms with Gasteiger partial charge in [0.05, 0.1) is 23.8 Å². The van der Waals surface area contributed by atoms with Gasteiger partial charge in [-0.05, 0) is 53.9 Å². The third-order valence-corrected chi connectivity index (χ3v) is 6.22. The standard InChI is InChI=1S/C24H18ClNO3/c1-29-22(27)16-5-4-6-18(13-16)26-21-8-3-2-7-19(21)24(23(26)28)14-20(24)15-9-11-17(25)12-10-15/h2-13,20H,14H2,1H3. The molecule has 1 amide bonds. The Hall–Kier alpha value is -3.11. The molecular formula is C24H18ClNO3. The summed E-state index contributed by atoms with van der Waals surface area (Å²) in [6.45, 7) is 0. The van der Waals surface area contributed by atoms with Crippen LogP contribution in [-0.4, -0.2) is 19.0 Å². The number of fused-ring (bicyclic) bond motifs is 2. The second-order valence-corrected chi connectivity index (χ2v) is 7.92. The highest BCUT2D eigenvalue weighted by Gasteiger charge is 2.67. The normalized spacial score (nSPS) is 21.9. The molecule has 1 aliphatic heterocycles. The number of rotatable bonds is 3.